The molecule has 0 unspecified atom stereocenters. The number of nitrogens with one attached hydrogen (secondary N) is 1. The van der Waals surface area contributed by atoms with Crippen LogP contribution in [0.3, 0.4) is 0 Å². The summed E-state index contributed by atoms with van der Waals surface area (Å²) in [4.78, 5) is 0. The number of fused-ring (bicyclic) bond motifs is 5. The molecule has 1 heterocycles. The van der Waals surface area contributed by atoms with Crippen LogP contribution in [0, 0.1) is 0 Å². The molecule has 0 saturated carbocycles. The average molecular weight is 462 g/mol. The molecule has 0 aliphatic heterocycles. The summed E-state index contributed by atoms with van der Waals surface area (Å²) in [6.07, 6.45) is 0. The second kappa shape index (κ2) is 8.44. The summed E-state index contributed by atoms with van der Waals surface area (Å²) in [7, 11) is 0. The van der Waals surface area contributed by atoms with Crippen LogP contribution in [0.15, 0.2) is 138 Å². The minimum absolute atomic E-state index is 0.882. The highest BCUT2D eigenvalue weighted by Gasteiger charge is 2.15. The van der Waals surface area contributed by atoms with Crippen molar-refractivity contribution in [2.75, 3.05) is 5.32 Å². The molecule has 0 aliphatic rings. The molecule has 7 rings (SSSR count). The number of anilines is 2. The van der Waals surface area contributed by atoms with Gasteiger partial charge in [0.15, 0.2) is 5.58 Å². The van der Waals surface area contributed by atoms with E-state index >= 15 is 0 Å². The largest absolute Gasteiger partial charge is 0.454 e. The third-order valence-corrected chi connectivity index (χ3v) is 6.84. The van der Waals surface area contributed by atoms with Gasteiger partial charge in [0.05, 0.1) is 5.69 Å². The van der Waals surface area contributed by atoms with E-state index in [0.717, 1.165) is 33.3 Å². The fraction of sp³-hybridized carbons (Fsp3) is 0. The van der Waals surface area contributed by atoms with Crippen LogP contribution in [0.5, 0.6) is 0 Å². The van der Waals surface area contributed by atoms with Crippen LogP contribution in [0.1, 0.15) is 0 Å². The SMILES string of the molecule is c1ccc(-c2ccc(-c3cccc(Nc4cc5ccccc5c5c4oc4ccccc45)c3)cc2)cc1. The quantitative estimate of drug-likeness (QED) is 0.282. The first-order valence-electron chi connectivity index (χ1n) is 12.2. The Morgan fingerprint density at radius 2 is 1.11 bits per heavy atom. The molecule has 0 aliphatic carbocycles. The molecule has 2 heteroatoms. The van der Waals surface area contributed by atoms with Gasteiger partial charge >= 0.3 is 0 Å². The topological polar surface area (TPSA) is 25.2 Å². The molecule has 0 atom stereocenters. The third-order valence-electron chi connectivity index (χ3n) is 6.84. The molecule has 0 amide bonds. The molecule has 0 spiro atoms. The fourth-order valence-corrected chi connectivity index (χ4v) is 5.08. The normalized spacial score (nSPS) is 11.3. The first kappa shape index (κ1) is 20.5. The van der Waals surface area contributed by atoms with Crippen molar-refractivity contribution in [1.29, 1.82) is 0 Å². The van der Waals surface area contributed by atoms with Crippen LogP contribution in [-0.2, 0) is 0 Å². The van der Waals surface area contributed by atoms with E-state index in [9.17, 15) is 0 Å². The molecule has 170 valence electrons. The Balaban J connectivity index is 1.29. The number of furan rings is 1. The lowest BCUT2D eigenvalue weighted by Gasteiger charge is -2.11. The molecule has 2 nitrogen and oxygen atoms in total. The molecule has 36 heavy (non-hydrogen) atoms. The zero-order valence-corrected chi connectivity index (χ0v) is 19.6. The van der Waals surface area contributed by atoms with Gasteiger partial charge in [0, 0.05) is 16.5 Å². The van der Waals surface area contributed by atoms with Crippen molar-refractivity contribution in [3.63, 3.8) is 0 Å². The van der Waals surface area contributed by atoms with E-state index in [1.807, 2.05) is 18.2 Å². The highest BCUT2D eigenvalue weighted by molar-refractivity contribution is 6.22. The van der Waals surface area contributed by atoms with Gasteiger partial charge < -0.3 is 9.73 Å². The Morgan fingerprint density at radius 3 is 1.94 bits per heavy atom. The number of hydrogen-bond acceptors (Lipinski definition) is 2. The first-order valence-corrected chi connectivity index (χ1v) is 12.2. The number of hydrogen-bond donors (Lipinski definition) is 1. The van der Waals surface area contributed by atoms with Gasteiger partial charge in [-0.25, -0.2) is 0 Å². The number of benzene rings is 6. The lowest BCUT2D eigenvalue weighted by Crippen LogP contribution is -1.92. The van der Waals surface area contributed by atoms with Crippen LogP contribution in [0.2, 0.25) is 0 Å². The van der Waals surface area contributed by atoms with Crippen molar-refractivity contribution in [3.8, 4) is 22.3 Å². The second-order valence-corrected chi connectivity index (χ2v) is 9.10. The second-order valence-electron chi connectivity index (χ2n) is 9.10. The summed E-state index contributed by atoms with van der Waals surface area (Å²) < 4.78 is 6.37. The van der Waals surface area contributed by atoms with E-state index in [1.54, 1.807) is 0 Å². The molecule has 0 bridgehead atoms. The first-order chi connectivity index (χ1) is 17.8. The molecule has 0 radical (unpaired) electrons. The van der Waals surface area contributed by atoms with Gasteiger partial charge in [-0.2, -0.15) is 0 Å². The van der Waals surface area contributed by atoms with E-state index in [0.29, 0.717) is 0 Å². The number of rotatable bonds is 4. The highest BCUT2D eigenvalue weighted by Crippen LogP contribution is 2.40. The van der Waals surface area contributed by atoms with E-state index < -0.39 is 0 Å². The zero-order valence-electron chi connectivity index (χ0n) is 19.6. The summed E-state index contributed by atoms with van der Waals surface area (Å²) >= 11 is 0. The molecule has 1 aromatic heterocycles. The maximum absolute atomic E-state index is 6.37. The predicted octanol–water partition coefficient (Wildman–Crippen LogP) is 9.82. The standard InChI is InChI=1S/C34H23NO/c1-2-9-23(10-3-1)24-17-19-25(20-18-24)26-12-8-13-28(21-26)35-31-22-27-11-4-5-14-29(27)33-30-15-6-7-16-32(30)36-34(31)33/h1-22,35H. The lowest BCUT2D eigenvalue weighted by atomic mass is 10.00. The Kier molecular flexibility index (Phi) is 4.82. The van der Waals surface area contributed by atoms with Gasteiger partial charge in [-0.1, -0.05) is 109 Å². The van der Waals surface area contributed by atoms with Gasteiger partial charge in [-0.15, -0.1) is 0 Å². The van der Waals surface area contributed by atoms with Crippen molar-refractivity contribution in [1.82, 2.24) is 0 Å². The number of para-hydroxylation sites is 1. The Morgan fingerprint density at radius 1 is 0.472 bits per heavy atom. The highest BCUT2D eigenvalue weighted by atomic mass is 16.3. The van der Waals surface area contributed by atoms with Crippen LogP contribution < -0.4 is 5.32 Å². The van der Waals surface area contributed by atoms with Gasteiger partial charge in [-0.3, -0.25) is 0 Å². The Labute approximate surface area is 209 Å². The molecular formula is C34H23NO. The molecule has 6 aromatic carbocycles. The van der Waals surface area contributed by atoms with Gasteiger partial charge in [-0.05, 0) is 57.3 Å². The maximum atomic E-state index is 6.37. The van der Waals surface area contributed by atoms with E-state index in [1.165, 1.54) is 33.0 Å². The van der Waals surface area contributed by atoms with E-state index in [2.05, 4.69) is 121 Å². The summed E-state index contributed by atoms with van der Waals surface area (Å²) in [5.74, 6) is 0. The maximum Gasteiger partial charge on any atom is 0.159 e. The Hall–Kier alpha value is -4.82. The smallest absolute Gasteiger partial charge is 0.159 e. The van der Waals surface area contributed by atoms with Crippen molar-refractivity contribution in [2.45, 2.75) is 0 Å². The third kappa shape index (κ3) is 3.52. The minimum atomic E-state index is 0.882. The van der Waals surface area contributed by atoms with Crippen molar-refractivity contribution < 1.29 is 4.42 Å². The zero-order chi connectivity index (χ0) is 23.9. The predicted molar refractivity (Wildman–Crippen MR) is 152 cm³/mol. The van der Waals surface area contributed by atoms with Crippen LogP contribution >= 0.6 is 0 Å². The van der Waals surface area contributed by atoms with Gasteiger partial charge in [0.25, 0.3) is 0 Å². The van der Waals surface area contributed by atoms with Crippen LogP contribution in [0.4, 0.5) is 11.4 Å². The van der Waals surface area contributed by atoms with Crippen LogP contribution in [0.25, 0.3) is 55.0 Å². The molecule has 1 N–H and O–H groups in total. The Bertz CT molecular complexity index is 1850. The summed E-state index contributed by atoms with van der Waals surface area (Å²) in [6.45, 7) is 0. The van der Waals surface area contributed by atoms with Crippen molar-refractivity contribution >= 4 is 44.1 Å². The van der Waals surface area contributed by atoms with Gasteiger partial charge in [0.1, 0.15) is 5.58 Å². The molecule has 0 fully saturated rings. The van der Waals surface area contributed by atoms with Gasteiger partial charge in [0.2, 0.25) is 0 Å². The summed E-state index contributed by atoms with van der Waals surface area (Å²) in [5.41, 5.74) is 8.58. The summed E-state index contributed by atoms with van der Waals surface area (Å²) in [6, 6.07) is 46.7. The van der Waals surface area contributed by atoms with Crippen molar-refractivity contribution in [2.24, 2.45) is 0 Å². The van der Waals surface area contributed by atoms with Crippen molar-refractivity contribution in [3.05, 3.63) is 133 Å². The molecule has 7 aromatic rings. The lowest BCUT2D eigenvalue weighted by molar-refractivity contribution is 0.670. The average Bonchev–Trinajstić information content (AvgIpc) is 3.34. The van der Waals surface area contributed by atoms with E-state index in [4.69, 9.17) is 4.42 Å². The summed E-state index contributed by atoms with van der Waals surface area (Å²) in [5, 5.41) is 8.33. The molecule has 0 saturated heterocycles. The molecular weight excluding hydrogens is 438 g/mol. The van der Waals surface area contributed by atoms with Crippen LogP contribution in [-0.4, -0.2) is 0 Å². The monoisotopic (exact) mass is 461 g/mol. The fourth-order valence-electron chi connectivity index (χ4n) is 5.08. The van der Waals surface area contributed by atoms with E-state index in [-0.39, 0.29) is 0 Å². The minimum Gasteiger partial charge on any atom is -0.454 e.